The van der Waals surface area contributed by atoms with Crippen LogP contribution in [0.25, 0.3) is 0 Å². The summed E-state index contributed by atoms with van der Waals surface area (Å²) >= 11 is 4.12. The minimum atomic E-state index is 0.573. The van der Waals surface area contributed by atoms with E-state index in [1.165, 1.54) is 0 Å². The summed E-state index contributed by atoms with van der Waals surface area (Å²) in [5, 5.41) is 3.13. The molecule has 0 aliphatic carbocycles. The molecular formula is C10H15NO2S. The number of ether oxygens (including phenoxy) is 2. The van der Waals surface area contributed by atoms with Crippen molar-refractivity contribution < 1.29 is 9.47 Å². The van der Waals surface area contributed by atoms with Crippen LogP contribution < -0.4 is 14.8 Å². The van der Waals surface area contributed by atoms with Gasteiger partial charge in [-0.15, -0.1) is 0 Å². The van der Waals surface area contributed by atoms with Gasteiger partial charge in [0.25, 0.3) is 0 Å². The van der Waals surface area contributed by atoms with Crippen molar-refractivity contribution >= 4 is 18.3 Å². The van der Waals surface area contributed by atoms with E-state index >= 15 is 0 Å². The molecule has 0 atom stereocenters. The van der Waals surface area contributed by atoms with E-state index in [4.69, 9.17) is 9.47 Å². The van der Waals surface area contributed by atoms with Crippen molar-refractivity contribution in [1.82, 2.24) is 0 Å². The lowest BCUT2D eigenvalue weighted by Crippen LogP contribution is -2.00. The number of anilines is 1. The van der Waals surface area contributed by atoms with Crippen LogP contribution in [0, 0.1) is 6.92 Å². The summed E-state index contributed by atoms with van der Waals surface area (Å²) < 4.78 is 10.4. The standard InChI is InChI=1S/C10H15NO2S/c1-7-4-8(12-2)5-9(13-3)10(7)11-6-14/h4-5,11,14H,6H2,1-3H3. The first-order valence-corrected chi connectivity index (χ1v) is 4.93. The van der Waals surface area contributed by atoms with Gasteiger partial charge in [-0.1, -0.05) is 0 Å². The fraction of sp³-hybridized carbons (Fsp3) is 0.400. The van der Waals surface area contributed by atoms with Crippen molar-refractivity contribution in [3.05, 3.63) is 17.7 Å². The third-order valence-corrected chi connectivity index (χ3v) is 2.14. The Hall–Kier alpha value is -1.03. The van der Waals surface area contributed by atoms with Crippen LogP contribution in [0.4, 0.5) is 5.69 Å². The second kappa shape index (κ2) is 5.00. The quantitative estimate of drug-likeness (QED) is 0.594. The van der Waals surface area contributed by atoms with Gasteiger partial charge in [0.05, 0.1) is 25.8 Å². The van der Waals surface area contributed by atoms with Crippen LogP contribution >= 0.6 is 12.6 Å². The highest BCUT2D eigenvalue weighted by molar-refractivity contribution is 7.80. The van der Waals surface area contributed by atoms with Gasteiger partial charge in [-0.25, -0.2) is 0 Å². The molecule has 1 N–H and O–H groups in total. The summed E-state index contributed by atoms with van der Waals surface area (Å²) in [6.07, 6.45) is 0. The minimum Gasteiger partial charge on any atom is -0.497 e. The van der Waals surface area contributed by atoms with E-state index in [0.29, 0.717) is 5.88 Å². The molecule has 0 saturated carbocycles. The summed E-state index contributed by atoms with van der Waals surface area (Å²) in [5.41, 5.74) is 2.04. The molecule has 1 rings (SSSR count). The first kappa shape index (κ1) is 11.0. The van der Waals surface area contributed by atoms with Crippen LogP contribution in [-0.4, -0.2) is 20.1 Å². The molecule has 1 aromatic carbocycles. The number of hydrogen-bond donors (Lipinski definition) is 2. The van der Waals surface area contributed by atoms with Crippen LogP contribution in [0.2, 0.25) is 0 Å². The Bertz CT molecular complexity index is 315. The molecule has 0 spiro atoms. The molecule has 0 aromatic heterocycles. The highest BCUT2D eigenvalue weighted by Gasteiger charge is 2.07. The Balaban J connectivity index is 3.13. The molecule has 0 heterocycles. The van der Waals surface area contributed by atoms with E-state index in [1.54, 1.807) is 14.2 Å². The van der Waals surface area contributed by atoms with Gasteiger partial charge in [-0.05, 0) is 18.6 Å². The van der Waals surface area contributed by atoms with E-state index in [-0.39, 0.29) is 0 Å². The first-order chi connectivity index (χ1) is 6.72. The number of rotatable bonds is 4. The highest BCUT2D eigenvalue weighted by atomic mass is 32.1. The smallest absolute Gasteiger partial charge is 0.145 e. The predicted molar refractivity (Wildman–Crippen MR) is 61.8 cm³/mol. The maximum absolute atomic E-state index is 5.24. The van der Waals surface area contributed by atoms with E-state index in [9.17, 15) is 0 Å². The molecule has 1 aromatic rings. The van der Waals surface area contributed by atoms with Gasteiger partial charge in [-0.2, -0.15) is 12.6 Å². The van der Waals surface area contributed by atoms with Crippen LogP contribution in [0.5, 0.6) is 11.5 Å². The zero-order chi connectivity index (χ0) is 10.6. The molecule has 0 fully saturated rings. The van der Waals surface area contributed by atoms with Crippen LogP contribution in [-0.2, 0) is 0 Å². The van der Waals surface area contributed by atoms with Crippen molar-refractivity contribution in [3.8, 4) is 11.5 Å². The zero-order valence-corrected chi connectivity index (χ0v) is 9.52. The summed E-state index contributed by atoms with van der Waals surface area (Å²) in [5.74, 6) is 2.14. The van der Waals surface area contributed by atoms with Crippen LogP contribution in [0.1, 0.15) is 5.56 Å². The Morgan fingerprint density at radius 2 is 2.00 bits per heavy atom. The summed E-state index contributed by atoms with van der Waals surface area (Å²) in [7, 11) is 3.28. The van der Waals surface area contributed by atoms with Gasteiger partial charge in [0.15, 0.2) is 0 Å². The lowest BCUT2D eigenvalue weighted by Gasteiger charge is -2.14. The van der Waals surface area contributed by atoms with Crippen molar-refractivity contribution in [2.45, 2.75) is 6.92 Å². The van der Waals surface area contributed by atoms with Gasteiger partial charge >= 0.3 is 0 Å². The van der Waals surface area contributed by atoms with Crippen LogP contribution in [0.15, 0.2) is 12.1 Å². The van der Waals surface area contributed by atoms with Gasteiger partial charge in [0.1, 0.15) is 11.5 Å². The third-order valence-electron chi connectivity index (χ3n) is 1.98. The van der Waals surface area contributed by atoms with Crippen molar-refractivity contribution in [2.24, 2.45) is 0 Å². The largest absolute Gasteiger partial charge is 0.497 e. The van der Waals surface area contributed by atoms with Crippen molar-refractivity contribution in [2.75, 3.05) is 25.4 Å². The number of benzene rings is 1. The second-order valence-electron chi connectivity index (χ2n) is 2.86. The lowest BCUT2D eigenvalue weighted by molar-refractivity contribution is 0.395. The van der Waals surface area contributed by atoms with Crippen molar-refractivity contribution in [1.29, 1.82) is 0 Å². The SMILES string of the molecule is COc1cc(C)c(NCS)c(OC)c1. The van der Waals surface area contributed by atoms with Gasteiger partial charge in [0.2, 0.25) is 0 Å². The maximum atomic E-state index is 5.24. The average Bonchev–Trinajstić information content (AvgIpc) is 2.20. The topological polar surface area (TPSA) is 30.5 Å². The molecule has 0 unspecified atom stereocenters. The molecule has 0 saturated heterocycles. The Kier molecular flexibility index (Phi) is 3.95. The molecule has 0 bridgehead atoms. The molecule has 0 amide bonds. The third kappa shape index (κ3) is 2.26. The molecule has 78 valence electrons. The predicted octanol–water partition coefficient (Wildman–Crippen LogP) is 2.31. The van der Waals surface area contributed by atoms with E-state index in [0.717, 1.165) is 22.7 Å². The Morgan fingerprint density at radius 3 is 2.50 bits per heavy atom. The Labute approximate surface area is 89.8 Å². The molecular weight excluding hydrogens is 198 g/mol. The number of methoxy groups -OCH3 is 2. The van der Waals surface area contributed by atoms with Crippen LogP contribution in [0.3, 0.4) is 0 Å². The van der Waals surface area contributed by atoms with Gasteiger partial charge in [-0.3, -0.25) is 0 Å². The number of thiol groups is 1. The Morgan fingerprint density at radius 1 is 1.29 bits per heavy atom. The summed E-state index contributed by atoms with van der Waals surface area (Å²) in [4.78, 5) is 0. The summed E-state index contributed by atoms with van der Waals surface area (Å²) in [6, 6.07) is 3.80. The highest BCUT2D eigenvalue weighted by Crippen LogP contribution is 2.32. The monoisotopic (exact) mass is 213 g/mol. The average molecular weight is 213 g/mol. The molecule has 0 aliphatic heterocycles. The molecule has 3 nitrogen and oxygen atoms in total. The molecule has 14 heavy (non-hydrogen) atoms. The second-order valence-corrected chi connectivity index (χ2v) is 3.17. The summed E-state index contributed by atoms with van der Waals surface area (Å²) in [6.45, 7) is 2.00. The maximum Gasteiger partial charge on any atom is 0.145 e. The number of hydrogen-bond acceptors (Lipinski definition) is 4. The van der Waals surface area contributed by atoms with E-state index in [1.807, 2.05) is 19.1 Å². The molecule has 4 heteroatoms. The number of aryl methyl sites for hydroxylation is 1. The lowest BCUT2D eigenvalue weighted by atomic mass is 10.1. The minimum absolute atomic E-state index is 0.573. The van der Waals surface area contributed by atoms with Crippen molar-refractivity contribution in [3.63, 3.8) is 0 Å². The first-order valence-electron chi connectivity index (χ1n) is 4.30. The van der Waals surface area contributed by atoms with Gasteiger partial charge < -0.3 is 14.8 Å². The van der Waals surface area contributed by atoms with E-state index in [2.05, 4.69) is 17.9 Å². The fourth-order valence-corrected chi connectivity index (χ4v) is 1.47. The van der Waals surface area contributed by atoms with E-state index < -0.39 is 0 Å². The zero-order valence-electron chi connectivity index (χ0n) is 8.63. The number of nitrogens with one attached hydrogen (secondary N) is 1. The molecule has 0 aliphatic rings. The molecule has 0 radical (unpaired) electrons. The van der Waals surface area contributed by atoms with Gasteiger partial charge in [0, 0.05) is 6.07 Å². The normalized spacial score (nSPS) is 9.71. The fourth-order valence-electron chi connectivity index (χ4n) is 1.31.